The van der Waals surface area contributed by atoms with E-state index in [-0.39, 0.29) is 5.82 Å². The van der Waals surface area contributed by atoms with Gasteiger partial charge in [0.05, 0.1) is 11.4 Å². The van der Waals surface area contributed by atoms with E-state index in [1.54, 1.807) is 6.07 Å². The van der Waals surface area contributed by atoms with E-state index in [1.807, 2.05) is 31.7 Å². The van der Waals surface area contributed by atoms with Crippen LogP contribution >= 0.6 is 0 Å². The third-order valence-corrected chi connectivity index (χ3v) is 2.88. The molecule has 17 heavy (non-hydrogen) atoms. The van der Waals surface area contributed by atoms with Crippen molar-refractivity contribution in [2.75, 3.05) is 7.05 Å². The lowest BCUT2D eigenvalue weighted by Gasteiger charge is -2.06. The molecule has 1 heterocycles. The number of rotatable bonds is 3. The minimum Gasteiger partial charge on any atom is -0.334 e. The van der Waals surface area contributed by atoms with Gasteiger partial charge in [0.2, 0.25) is 0 Å². The van der Waals surface area contributed by atoms with Crippen molar-refractivity contribution in [2.45, 2.75) is 13.5 Å². The number of hydrogen-bond donors (Lipinski definition) is 1. The number of halogens is 1. The molecular formula is C13H16FN3. The number of imidazole rings is 1. The molecule has 4 heteroatoms. The van der Waals surface area contributed by atoms with Crippen molar-refractivity contribution < 1.29 is 4.39 Å². The van der Waals surface area contributed by atoms with Crippen LogP contribution in [-0.4, -0.2) is 16.6 Å². The van der Waals surface area contributed by atoms with Gasteiger partial charge in [0.25, 0.3) is 0 Å². The molecule has 0 radical (unpaired) electrons. The SMILES string of the molecule is CNCc1c(-c2cccc(F)c2)nc(C)n1C. The van der Waals surface area contributed by atoms with Crippen LogP contribution in [0.25, 0.3) is 11.3 Å². The summed E-state index contributed by atoms with van der Waals surface area (Å²) in [6.07, 6.45) is 0. The Labute approximate surface area is 100 Å². The first kappa shape index (κ1) is 11.8. The molecule has 0 bridgehead atoms. The fourth-order valence-corrected chi connectivity index (χ4v) is 1.89. The monoisotopic (exact) mass is 233 g/mol. The van der Waals surface area contributed by atoms with E-state index in [9.17, 15) is 4.39 Å². The number of hydrogen-bond acceptors (Lipinski definition) is 2. The van der Waals surface area contributed by atoms with Crippen molar-refractivity contribution in [2.24, 2.45) is 7.05 Å². The summed E-state index contributed by atoms with van der Waals surface area (Å²) in [4.78, 5) is 4.50. The van der Waals surface area contributed by atoms with Crippen LogP contribution in [0.4, 0.5) is 4.39 Å². The second-order valence-electron chi connectivity index (χ2n) is 4.05. The second kappa shape index (κ2) is 4.67. The van der Waals surface area contributed by atoms with Crippen LogP contribution in [0.3, 0.4) is 0 Å². The van der Waals surface area contributed by atoms with Gasteiger partial charge in [-0.05, 0) is 26.1 Å². The van der Waals surface area contributed by atoms with Crippen molar-refractivity contribution in [3.05, 3.63) is 41.6 Å². The molecule has 1 aromatic carbocycles. The van der Waals surface area contributed by atoms with Gasteiger partial charge in [-0.1, -0.05) is 12.1 Å². The molecule has 3 nitrogen and oxygen atoms in total. The molecule has 0 spiro atoms. The fourth-order valence-electron chi connectivity index (χ4n) is 1.89. The van der Waals surface area contributed by atoms with Crippen molar-refractivity contribution in [3.63, 3.8) is 0 Å². The molecule has 0 saturated carbocycles. The van der Waals surface area contributed by atoms with Crippen LogP contribution in [-0.2, 0) is 13.6 Å². The van der Waals surface area contributed by atoms with E-state index in [2.05, 4.69) is 10.3 Å². The standard InChI is InChI=1S/C13H16FN3/c1-9-16-13(12(8-15-2)17(9)3)10-5-4-6-11(14)7-10/h4-7,15H,8H2,1-3H3. The largest absolute Gasteiger partial charge is 0.334 e. The topological polar surface area (TPSA) is 29.9 Å². The average molecular weight is 233 g/mol. The zero-order valence-electron chi connectivity index (χ0n) is 10.3. The highest BCUT2D eigenvalue weighted by atomic mass is 19.1. The van der Waals surface area contributed by atoms with E-state index in [1.165, 1.54) is 12.1 Å². The number of benzene rings is 1. The highest BCUT2D eigenvalue weighted by molar-refractivity contribution is 5.62. The molecular weight excluding hydrogens is 217 g/mol. The number of aromatic nitrogens is 2. The third-order valence-electron chi connectivity index (χ3n) is 2.88. The molecule has 0 saturated heterocycles. The maximum atomic E-state index is 13.2. The summed E-state index contributed by atoms with van der Waals surface area (Å²) in [6, 6.07) is 6.54. The lowest BCUT2D eigenvalue weighted by molar-refractivity contribution is 0.628. The Bertz CT molecular complexity index is 531. The fraction of sp³-hybridized carbons (Fsp3) is 0.308. The third kappa shape index (κ3) is 2.22. The van der Waals surface area contributed by atoms with Gasteiger partial charge >= 0.3 is 0 Å². The smallest absolute Gasteiger partial charge is 0.123 e. The van der Waals surface area contributed by atoms with Crippen molar-refractivity contribution >= 4 is 0 Å². The molecule has 0 aliphatic carbocycles. The summed E-state index contributed by atoms with van der Waals surface area (Å²) in [5, 5.41) is 3.11. The maximum absolute atomic E-state index is 13.2. The maximum Gasteiger partial charge on any atom is 0.123 e. The predicted octanol–water partition coefficient (Wildman–Crippen LogP) is 2.25. The zero-order valence-corrected chi connectivity index (χ0v) is 10.3. The lowest BCUT2D eigenvalue weighted by Crippen LogP contribution is -2.10. The molecule has 0 atom stereocenters. The average Bonchev–Trinajstić information content (AvgIpc) is 2.58. The highest BCUT2D eigenvalue weighted by Crippen LogP contribution is 2.24. The van der Waals surface area contributed by atoms with Crippen LogP contribution in [0.2, 0.25) is 0 Å². The molecule has 0 fully saturated rings. The first-order chi connectivity index (χ1) is 8.13. The van der Waals surface area contributed by atoms with Crippen LogP contribution in [0.15, 0.2) is 24.3 Å². The Morgan fingerprint density at radius 3 is 2.82 bits per heavy atom. The predicted molar refractivity (Wildman–Crippen MR) is 66.1 cm³/mol. The Morgan fingerprint density at radius 1 is 1.41 bits per heavy atom. The summed E-state index contributed by atoms with van der Waals surface area (Å²) >= 11 is 0. The summed E-state index contributed by atoms with van der Waals surface area (Å²) in [6.45, 7) is 2.66. The van der Waals surface area contributed by atoms with Gasteiger partial charge in [0.1, 0.15) is 11.6 Å². The summed E-state index contributed by atoms with van der Waals surface area (Å²) < 4.78 is 15.3. The molecule has 1 aromatic heterocycles. The zero-order chi connectivity index (χ0) is 12.4. The first-order valence-corrected chi connectivity index (χ1v) is 5.56. The van der Waals surface area contributed by atoms with Gasteiger partial charge in [-0.2, -0.15) is 0 Å². The minimum atomic E-state index is -0.235. The van der Waals surface area contributed by atoms with Gasteiger partial charge in [-0.3, -0.25) is 0 Å². The highest BCUT2D eigenvalue weighted by Gasteiger charge is 2.13. The van der Waals surface area contributed by atoms with Crippen LogP contribution < -0.4 is 5.32 Å². The molecule has 1 N–H and O–H groups in total. The van der Waals surface area contributed by atoms with Gasteiger partial charge in [-0.25, -0.2) is 9.37 Å². The van der Waals surface area contributed by atoms with Crippen molar-refractivity contribution in [1.29, 1.82) is 0 Å². The van der Waals surface area contributed by atoms with Gasteiger partial charge in [-0.15, -0.1) is 0 Å². The van der Waals surface area contributed by atoms with E-state index in [0.29, 0.717) is 6.54 Å². The van der Waals surface area contributed by atoms with Crippen molar-refractivity contribution in [3.8, 4) is 11.3 Å². The molecule has 0 unspecified atom stereocenters. The summed E-state index contributed by atoms with van der Waals surface area (Å²) in [5.74, 6) is 0.690. The van der Waals surface area contributed by atoms with Gasteiger partial charge < -0.3 is 9.88 Å². The molecule has 2 rings (SSSR count). The van der Waals surface area contributed by atoms with E-state index in [0.717, 1.165) is 22.8 Å². The first-order valence-electron chi connectivity index (χ1n) is 5.56. The summed E-state index contributed by atoms with van der Waals surface area (Å²) in [7, 11) is 3.86. The van der Waals surface area contributed by atoms with Crippen LogP contribution in [0, 0.1) is 12.7 Å². The van der Waals surface area contributed by atoms with Gasteiger partial charge in [0.15, 0.2) is 0 Å². The molecule has 90 valence electrons. The molecule has 0 aliphatic heterocycles. The Balaban J connectivity index is 2.55. The van der Waals surface area contributed by atoms with E-state index in [4.69, 9.17) is 0 Å². The quantitative estimate of drug-likeness (QED) is 0.881. The second-order valence-corrected chi connectivity index (χ2v) is 4.05. The normalized spacial score (nSPS) is 10.8. The van der Waals surface area contributed by atoms with Crippen LogP contribution in [0.5, 0.6) is 0 Å². The summed E-state index contributed by atoms with van der Waals surface area (Å²) in [5.41, 5.74) is 2.73. The number of aryl methyl sites for hydroxylation is 1. The van der Waals surface area contributed by atoms with Crippen molar-refractivity contribution in [1.82, 2.24) is 14.9 Å². The van der Waals surface area contributed by atoms with E-state index < -0.39 is 0 Å². The number of nitrogens with zero attached hydrogens (tertiary/aromatic N) is 2. The Morgan fingerprint density at radius 2 is 2.18 bits per heavy atom. The van der Waals surface area contributed by atoms with Gasteiger partial charge in [0, 0.05) is 19.2 Å². The lowest BCUT2D eigenvalue weighted by atomic mass is 10.1. The minimum absolute atomic E-state index is 0.235. The van der Waals surface area contributed by atoms with Crippen LogP contribution in [0.1, 0.15) is 11.5 Å². The Hall–Kier alpha value is -1.68. The molecule has 2 aromatic rings. The Kier molecular flexibility index (Phi) is 3.24. The van der Waals surface area contributed by atoms with E-state index >= 15 is 0 Å². The molecule has 0 aliphatic rings. The number of nitrogens with one attached hydrogen (secondary N) is 1. The molecule has 0 amide bonds.